The van der Waals surface area contributed by atoms with Gasteiger partial charge < -0.3 is 14.2 Å². The molecule has 0 unspecified atom stereocenters. The Morgan fingerprint density at radius 2 is 2.06 bits per heavy atom. The Morgan fingerprint density at radius 3 is 3.03 bits per heavy atom. The molecule has 0 radical (unpaired) electrons. The lowest BCUT2D eigenvalue weighted by atomic mass is 9.83. The molecule has 162 valence electrons. The van der Waals surface area contributed by atoms with Crippen LogP contribution in [0, 0.1) is 5.92 Å². The highest BCUT2D eigenvalue weighted by Gasteiger charge is 2.35. The third kappa shape index (κ3) is 3.43. The minimum atomic E-state index is 0.198. The number of hydrogen-bond acceptors (Lipinski definition) is 6. The van der Waals surface area contributed by atoms with Crippen molar-refractivity contribution in [2.75, 3.05) is 44.3 Å². The molecule has 2 bridgehead atoms. The Balaban J connectivity index is 1.28. The Labute approximate surface area is 181 Å². The number of aromatic nitrogens is 4. The van der Waals surface area contributed by atoms with E-state index in [9.17, 15) is 4.79 Å². The number of piperidine rings is 1. The molecule has 6 rings (SSSR count). The van der Waals surface area contributed by atoms with Gasteiger partial charge in [0.15, 0.2) is 5.65 Å². The monoisotopic (exact) mass is 420 g/mol. The molecule has 3 aromatic heterocycles. The molecular weight excluding hydrogens is 392 g/mol. The van der Waals surface area contributed by atoms with Crippen molar-refractivity contribution in [2.45, 2.75) is 31.8 Å². The van der Waals surface area contributed by atoms with Crippen molar-refractivity contribution in [3.63, 3.8) is 0 Å². The van der Waals surface area contributed by atoms with E-state index in [2.05, 4.69) is 40.9 Å². The number of rotatable bonds is 3. The van der Waals surface area contributed by atoms with Crippen LogP contribution in [-0.4, -0.2) is 63.2 Å². The lowest BCUT2D eigenvalue weighted by molar-refractivity contribution is 0.140. The molecule has 2 fully saturated rings. The highest BCUT2D eigenvalue weighted by molar-refractivity contribution is 5.49. The summed E-state index contributed by atoms with van der Waals surface area (Å²) in [5.74, 6) is 1.91. The number of hydrogen-bond donors (Lipinski definition) is 0. The number of ether oxygens (including phenoxy) is 1. The van der Waals surface area contributed by atoms with Gasteiger partial charge in [-0.1, -0.05) is 6.07 Å². The van der Waals surface area contributed by atoms with Crippen LogP contribution in [0.15, 0.2) is 41.7 Å². The van der Waals surface area contributed by atoms with Gasteiger partial charge in [-0.05, 0) is 24.8 Å². The predicted octanol–water partition coefficient (Wildman–Crippen LogP) is 1.74. The van der Waals surface area contributed by atoms with E-state index >= 15 is 0 Å². The number of nitrogens with zero attached hydrogens (tertiary/aromatic N) is 6. The molecule has 0 N–H and O–H groups in total. The molecule has 3 aliphatic rings. The first kappa shape index (κ1) is 19.0. The standard InChI is InChI=1S/C23H28N6O2/c30-23-18(15-26-5-1-8-31-9-7-26)2-3-20-19-10-17(14-29(20)23)13-27(16-19)22-12-24-11-21-25-4-6-28(21)22/h2-4,6,11-12,17,19H,1,5,7-10,13-16H2/t17-,19+/m0/s1. The Hall–Kier alpha value is -2.71. The zero-order valence-corrected chi connectivity index (χ0v) is 17.7. The van der Waals surface area contributed by atoms with Gasteiger partial charge in [0.2, 0.25) is 0 Å². The topological polar surface area (TPSA) is 67.9 Å². The maximum absolute atomic E-state index is 13.4. The SMILES string of the molecule is O=c1c(CN2CCCOCC2)ccc2n1C[C@H]1C[C@@H]2CN(c2cncc3nccn23)C1. The van der Waals surface area contributed by atoms with Gasteiger partial charge in [0.25, 0.3) is 5.56 Å². The van der Waals surface area contributed by atoms with E-state index in [0.29, 0.717) is 11.8 Å². The fourth-order valence-corrected chi connectivity index (χ4v) is 5.57. The molecule has 0 spiro atoms. The van der Waals surface area contributed by atoms with Crippen LogP contribution in [0.1, 0.15) is 30.0 Å². The molecule has 31 heavy (non-hydrogen) atoms. The molecule has 2 saturated heterocycles. The van der Waals surface area contributed by atoms with Crippen molar-refractivity contribution in [1.29, 1.82) is 0 Å². The molecule has 0 amide bonds. The van der Waals surface area contributed by atoms with Gasteiger partial charge in [-0.15, -0.1) is 0 Å². The molecular formula is C23H28N6O2. The number of pyridine rings is 1. The summed E-state index contributed by atoms with van der Waals surface area (Å²) in [6.07, 6.45) is 9.71. The summed E-state index contributed by atoms with van der Waals surface area (Å²) in [5, 5.41) is 0. The smallest absolute Gasteiger partial charge is 0.255 e. The first-order valence-electron chi connectivity index (χ1n) is 11.3. The van der Waals surface area contributed by atoms with Gasteiger partial charge in [0, 0.05) is 75.4 Å². The predicted molar refractivity (Wildman–Crippen MR) is 117 cm³/mol. The van der Waals surface area contributed by atoms with Gasteiger partial charge in [-0.25, -0.2) is 4.98 Å². The fraction of sp³-hybridized carbons (Fsp3) is 0.522. The molecule has 0 aromatic carbocycles. The minimum Gasteiger partial charge on any atom is -0.380 e. The van der Waals surface area contributed by atoms with E-state index in [1.165, 1.54) is 5.69 Å². The van der Waals surface area contributed by atoms with Crippen LogP contribution >= 0.6 is 0 Å². The van der Waals surface area contributed by atoms with E-state index in [4.69, 9.17) is 4.74 Å². The summed E-state index contributed by atoms with van der Waals surface area (Å²) in [6.45, 7) is 6.83. The zero-order chi connectivity index (χ0) is 20.8. The molecule has 3 aromatic rings. The Morgan fingerprint density at radius 1 is 1.10 bits per heavy atom. The van der Waals surface area contributed by atoms with Crippen LogP contribution in [0.4, 0.5) is 5.82 Å². The van der Waals surface area contributed by atoms with Gasteiger partial charge in [-0.2, -0.15) is 0 Å². The lowest BCUT2D eigenvalue weighted by Gasteiger charge is -2.43. The van der Waals surface area contributed by atoms with Crippen molar-refractivity contribution >= 4 is 11.5 Å². The van der Waals surface area contributed by atoms with Crippen molar-refractivity contribution in [3.8, 4) is 0 Å². The highest BCUT2D eigenvalue weighted by atomic mass is 16.5. The lowest BCUT2D eigenvalue weighted by Crippen LogP contribution is -2.48. The second kappa shape index (κ2) is 7.76. The number of fused-ring (bicyclic) bond motifs is 5. The van der Waals surface area contributed by atoms with E-state index in [1.807, 2.05) is 18.6 Å². The third-order valence-electron chi connectivity index (χ3n) is 7.01. The summed E-state index contributed by atoms with van der Waals surface area (Å²) in [7, 11) is 0. The Kier molecular flexibility index (Phi) is 4.76. The number of anilines is 1. The molecule has 0 saturated carbocycles. The Bertz CT molecular complexity index is 1150. The van der Waals surface area contributed by atoms with E-state index in [0.717, 1.165) is 82.4 Å². The highest BCUT2D eigenvalue weighted by Crippen LogP contribution is 2.37. The van der Waals surface area contributed by atoms with Crippen molar-refractivity contribution < 1.29 is 4.74 Å². The van der Waals surface area contributed by atoms with Gasteiger partial charge in [-0.3, -0.25) is 19.1 Å². The fourth-order valence-electron chi connectivity index (χ4n) is 5.57. The van der Waals surface area contributed by atoms with Crippen molar-refractivity contribution in [1.82, 2.24) is 23.8 Å². The van der Waals surface area contributed by atoms with Gasteiger partial charge >= 0.3 is 0 Å². The minimum absolute atomic E-state index is 0.198. The maximum atomic E-state index is 13.4. The average molecular weight is 421 g/mol. The van der Waals surface area contributed by atoms with Crippen molar-refractivity contribution in [3.05, 3.63) is 58.5 Å². The van der Waals surface area contributed by atoms with Crippen LogP contribution < -0.4 is 10.5 Å². The molecule has 8 heteroatoms. The summed E-state index contributed by atoms with van der Waals surface area (Å²) in [4.78, 5) is 26.9. The first-order valence-corrected chi connectivity index (χ1v) is 11.3. The second-order valence-corrected chi connectivity index (χ2v) is 9.07. The first-order chi connectivity index (χ1) is 15.3. The molecule has 3 aliphatic heterocycles. The van der Waals surface area contributed by atoms with Crippen LogP contribution in [0.5, 0.6) is 0 Å². The van der Waals surface area contributed by atoms with Crippen LogP contribution in [0.3, 0.4) is 0 Å². The van der Waals surface area contributed by atoms with E-state index < -0.39 is 0 Å². The quantitative estimate of drug-likeness (QED) is 0.643. The summed E-state index contributed by atoms with van der Waals surface area (Å²) in [6, 6.07) is 4.27. The second-order valence-electron chi connectivity index (χ2n) is 9.07. The zero-order valence-electron chi connectivity index (χ0n) is 17.7. The maximum Gasteiger partial charge on any atom is 0.255 e. The van der Waals surface area contributed by atoms with Crippen LogP contribution in [0.25, 0.3) is 5.65 Å². The molecule has 6 heterocycles. The van der Waals surface area contributed by atoms with E-state index in [1.54, 1.807) is 6.20 Å². The van der Waals surface area contributed by atoms with Gasteiger partial charge in [0.1, 0.15) is 5.82 Å². The van der Waals surface area contributed by atoms with Crippen LogP contribution in [0.2, 0.25) is 0 Å². The average Bonchev–Trinajstić information content (AvgIpc) is 3.12. The largest absolute Gasteiger partial charge is 0.380 e. The normalized spacial score (nSPS) is 24.2. The van der Waals surface area contributed by atoms with Crippen molar-refractivity contribution in [2.24, 2.45) is 5.92 Å². The summed E-state index contributed by atoms with van der Waals surface area (Å²) < 4.78 is 9.73. The van der Waals surface area contributed by atoms with Gasteiger partial charge in [0.05, 0.1) is 19.0 Å². The molecule has 0 aliphatic carbocycles. The van der Waals surface area contributed by atoms with Crippen LogP contribution in [-0.2, 0) is 17.8 Å². The number of imidazole rings is 1. The van der Waals surface area contributed by atoms with E-state index in [-0.39, 0.29) is 5.56 Å². The summed E-state index contributed by atoms with van der Waals surface area (Å²) in [5.41, 5.74) is 3.16. The molecule has 8 nitrogen and oxygen atoms in total. The molecule has 2 atom stereocenters. The summed E-state index contributed by atoms with van der Waals surface area (Å²) >= 11 is 0. The third-order valence-corrected chi connectivity index (χ3v) is 7.01.